The number of hydrogen-bond acceptors (Lipinski definition) is 6. The maximum absolute atomic E-state index is 10.7. The van der Waals surface area contributed by atoms with Gasteiger partial charge in [0.25, 0.3) is 20.2 Å². The smallest absolute Gasteiger partial charge is 0.286 e. The largest absolute Gasteiger partial charge is 0.522 e. The zero-order chi connectivity index (χ0) is 21.5. The molecule has 0 bridgehead atoms. The molecule has 0 unspecified atom stereocenters. The zero-order valence-corrected chi connectivity index (χ0v) is 16.0. The molecule has 1 aromatic rings. The average molecular weight is 463 g/mol. The molecule has 0 aliphatic rings. The maximum Gasteiger partial charge on any atom is 0.522 e. The average Bonchev–Trinajstić information content (AvgIpc) is 2.82. The van der Waals surface area contributed by atoms with Gasteiger partial charge in [0.05, 0.1) is 24.6 Å². The molecule has 0 atom stereocenters. The van der Waals surface area contributed by atoms with Crippen LogP contribution in [0.15, 0.2) is 18.7 Å². The molecule has 0 saturated heterocycles. The van der Waals surface area contributed by atoms with E-state index in [9.17, 15) is 30.0 Å². The number of imidazole rings is 1. The Hall–Kier alpha value is -1.27. The zero-order valence-electron chi connectivity index (χ0n) is 13.5. The van der Waals surface area contributed by atoms with E-state index >= 15 is 0 Å². The first-order chi connectivity index (χ1) is 11.9. The predicted octanol–water partition coefficient (Wildman–Crippen LogP) is -0.275. The van der Waals surface area contributed by atoms with Gasteiger partial charge in [-0.25, -0.2) is 9.13 Å². The molecule has 0 radical (unpaired) electrons. The highest BCUT2D eigenvalue weighted by Crippen LogP contribution is 2.20. The number of rotatable bonds is 8. The number of aromatic nitrogens is 2. The second-order valence-corrected chi connectivity index (χ2v) is 9.65. The van der Waals surface area contributed by atoms with Gasteiger partial charge < -0.3 is 0 Å². The van der Waals surface area contributed by atoms with Crippen LogP contribution in [-0.2, 0) is 43.4 Å². The van der Waals surface area contributed by atoms with Crippen molar-refractivity contribution < 1.29 is 56.6 Å². The first-order valence-corrected chi connectivity index (χ1v) is 11.6. The van der Waals surface area contributed by atoms with E-state index in [1.54, 1.807) is 27.9 Å². The van der Waals surface area contributed by atoms with E-state index < -0.39 is 35.9 Å². The molecule has 27 heavy (non-hydrogen) atoms. The number of aryl methyl sites for hydroxylation is 2. The van der Waals surface area contributed by atoms with Crippen LogP contribution in [0.3, 0.4) is 0 Å². The van der Waals surface area contributed by atoms with Gasteiger partial charge in [-0.15, -0.1) is 0 Å². The molecule has 160 valence electrons. The molecule has 1 aromatic heterocycles. The van der Waals surface area contributed by atoms with Crippen molar-refractivity contribution in [3.63, 3.8) is 0 Å². The molecule has 0 aromatic carbocycles. The molecular formula is C10H18F3N2O9S3+. The molecule has 0 aliphatic heterocycles. The van der Waals surface area contributed by atoms with E-state index in [-0.39, 0.29) is 11.5 Å². The van der Waals surface area contributed by atoms with Crippen LogP contribution < -0.4 is 4.57 Å². The standard InChI is InChI=1S/C9H16N2O6S2.CHF3O3S/c12-18(13,14)7-1-3-10-5-6-11(9-10)4-2-8-19(15,16)17;2-1(3,4)8(5,6)7/h5-6,9H,1-4,7-8H2,(H-,12,13,14,15,16,17);(H,5,6,7)/p+1. The van der Waals surface area contributed by atoms with Crippen molar-refractivity contribution in [1.29, 1.82) is 0 Å². The quantitative estimate of drug-likeness (QED) is 0.266. The summed E-state index contributed by atoms with van der Waals surface area (Å²) in [7, 11) is -13.7. The Kier molecular flexibility index (Phi) is 9.32. The molecule has 1 rings (SSSR count). The van der Waals surface area contributed by atoms with Crippen molar-refractivity contribution in [2.45, 2.75) is 31.4 Å². The first kappa shape index (κ1) is 25.7. The maximum atomic E-state index is 10.7. The topological polar surface area (TPSA) is 172 Å². The van der Waals surface area contributed by atoms with Crippen LogP contribution in [0.2, 0.25) is 0 Å². The molecule has 0 amide bonds. The van der Waals surface area contributed by atoms with Crippen LogP contribution in [0.25, 0.3) is 0 Å². The third-order valence-electron chi connectivity index (χ3n) is 2.68. The third kappa shape index (κ3) is 13.5. The highest BCUT2D eigenvalue weighted by Gasteiger charge is 2.44. The van der Waals surface area contributed by atoms with E-state index in [1.165, 1.54) is 0 Å². The molecule has 1 heterocycles. The first-order valence-electron chi connectivity index (χ1n) is 6.89. The molecule has 0 aliphatic carbocycles. The lowest BCUT2D eigenvalue weighted by atomic mass is 10.5. The summed E-state index contributed by atoms with van der Waals surface area (Å²) in [5, 5.41) is 0. The molecular weight excluding hydrogens is 445 g/mol. The summed E-state index contributed by atoms with van der Waals surface area (Å²) in [6, 6.07) is 0. The summed E-state index contributed by atoms with van der Waals surface area (Å²) in [4.78, 5) is 0. The van der Waals surface area contributed by atoms with E-state index in [4.69, 9.17) is 22.1 Å². The van der Waals surface area contributed by atoms with Crippen LogP contribution in [0, 0.1) is 0 Å². The summed E-state index contributed by atoms with van der Waals surface area (Å²) in [6.07, 6.45) is 5.72. The van der Waals surface area contributed by atoms with E-state index in [1.807, 2.05) is 0 Å². The Labute approximate surface area is 153 Å². The fourth-order valence-corrected chi connectivity index (χ4v) is 2.55. The van der Waals surface area contributed by atoms with Gasteiger partial charge >= 0.3 is 15.6 Å². The predicted molar refractivity (Wildman–Crippen MR) is 84.3 cm³/mol. The van der Waals surface area contributed by atoms with Crippen molar-refractivity contribution in [3.8, 4) is 0 Å². The monoisotopic (exact) mass is 463 g/mol. The minimum Gasteiger partial charge on any atom is -0.286 e. The molecule has 17 heteroatoms. The van der Waals surface area contributed by atoms with Crippen molar-refractivity contribution in [2.24, 2.45) is 0 Å². The Bertz CT molecular complexity index is 853. The molecule has 0 fully saturated rings. The Morgan fingerprint density at radius 3 is 1.74 bits per heavy atom. The Balaban J connectivity index is 0.000000713. The van der Waals surface area contributed by atoms with Gasteiger partial charge in [-0.3, -0.25) is 13.7 Å². The third-order valence-corrected chi connectivity index (χ3v) is 4.87. The van der Waals surface area contributed by atoms with Gasteiger partial charge in [-0.2, -0.15) is 38.4 Å². The summed E-state index contributed by atoms with van der Waals surface area (Å²) >= 11 is 0. The van der Waals surface area contributed by atoms with Crippen LogP contribution >= 0.6 is 0 Å². The second kappa shape index (κ2) is 9.78. The summed E-state index contributed by atoms with van der Waals surface area (Å²) in [5.41, 5.74) is -5.53. The van der Waals surface area contributed by atoms with Crippen molar-refractivity contribution in [1.82, 2.24) is 4.57 Å². The number of nitrogens with zero attached hydrogens (tertiary/aromatic N) is 2. The van der Waals surface area contributed by atoms with Gasteiger partial charge in [0.2, 0.25) is 6.33 Å². The molecule has 11 nitrogen and oxygen atoms in total. The van der Waals surface area contributed by atoms with E-state index in [0.717, 1.165) is 0 Å². The van der Waals surface area contributed by atoms with Gasteiger partial charge in [0.15, 0.2) is 0 Å². The lowest BCUT2D eigenvalue weighted by molar-refractivity contribution is -0.696. The van der Waals surface area contributed by atoms with Crippen molar-refractivity contribution >= 4 is 30.4 Å². The normalized spacial score (nSPS) is 13.1. The lowest BCUT2D eigenvalue weighted by Crippen LogP contribution is -2.32. The van der Waals surface area contributed by atoms with E-state index in [2.05, 4.69) is 0 Å². The lowest BCUT2D eigenvalue weighted by Gasteiger charge is -1.97. The van der Waals surface area contributed by atoms with Gasteiger partial charge in [0, 0.05) is 12.8 Å². The number of alkyl halides is 3. The van der Waals surface area contributed by atoms with Crippen LogP contribution in [-0.4, -0.2) is 60.5 Å². The molecule has 3 N–H and O–H groups in total. The molecule has 0 spiro atoms. The second-order valence-electron chi connectivity index (χ2n) is 5.09. The Morgan fingerprint density at radius 2 is 1.33 bits per heavy atom. The summed E-state index contributed by atoms with van der Waals surface area (Å²) < 4.78 is 120. The van der Waals surface area contributed by atoms with Gasteiger partial charge in [-0.1, -0.05) is 0 Å². The highest BCUT2D eigenvalue weighted by molar-refractivity contribution is 7.86. The van der Waals surface area contributed by atoms with E-state index in [0.29, 0.717) is 25.9 Å². The molecule has 0 saturated carbocycles. The highest BCUT2D eigenvalue weighted by atomic mass is 32.2. The van der Waals surface area contributed by atoms with Gasteiger partial charge in [0.1, 0.15) is 12.4 Å². The van der Waals surface area contributed by atoms with Crippen molar-refractivity contribution in [2.75, 3.05) is 11.5 Å². The minimum atomic E-state index is -5.84. The SMILES string of the molecule is O=S(=O)(O)C(F)(F)F.O=S(=O)(O)CCCn1cc[n+](CCCS(=O)(=O)O)c1. The summed E-state index contributed by atoms with van der Waals surface area (Å²) in [5.74, 6) is -0.595. The van der Waals surface area contributed by atoms with Crippen molar-refractivity contribution in [3.05, 3.63) is 18.7 Å². The summed E-state index contributed by atoms with van der Waals surface area (Å²) in [6.45, 7) is 0.871. The minimum absolute atomic E-state index is 0.290. The number of halogens is 3. The van der Waals surface area contributed by atoms with Gasteiger partial charge in [-0.05, 0) is 0 Å². The van der Waals surface area contributed by atoms with Crippen LogP contribution in [0.1, 0.15) is 12.8 Å². The fourth-order valence-electron chi connectivity index (χ4n) is 1.56. The Morgan fingerprint density at radius 1 is 0.889 bits per heavy atom. The van der Waals surface area contributed by atoms with Crippen LogP contribution in [0.4, 0.5) is 13.2 Å². The van der Waals surface area contributed by atoms with Crippen LogP contribution in [0.5, 0.6) is 0 Å². The number of hydrogen-bond donors (Lipinski definition) is 3. The fraction of sp³-hybridized carbons (Fsp3) is 0.700.